The van der Waals surface area contributed by atoms with Gasteiger partial charge in [-0.25, -0.2) is 4.79 Å². The minimum atomic E-state index is -0.597. The summed E-state index contributed by atoms with van der Waals surface area (Å²) in [7, 11) is 1.35. The fraction of sp³-hybridized carbons (Fsp3) is 0.579. The molecule has 2 aliphatic heterocycles. The Hall–Kier alpha value is -2.24. The number of aromatic hydroxyl groups is 1. The molecule has 1 aromatic rings. The van der Waals surface area contributed by atoms with Gasteiger partial charge < -0.3 is 19.5 Å². The number of carbonyl (C=O) groups excluding carboxylic acids is 2. The molecule has 0 bridgehead atoms. The lowest BCUT2D eigenvalue weighted by atomic mass is 9.91. The lowest BCUT2D eigenvalue weighted by Gasteiger charge is -2.32. The summed E-state index contributed by atoms with van der Waals surface area (Å²) in [5, 5.41) is 10.2. The molecule has 136 valence electrons. The van der Waals surface area contributed by atoms with Crippen LogP contribution in [-0.2, 0) is 20.7 Å². The zero-order chi connectivity index (χ0) is 18.3. The Morgan fingerprint density at radius 3 is 2.56 bits per heavy atom. The van der Waals surface area contributed by atoms with Gasteiger partial charge in [-0.3, -0.25) is 4.79 Å². The monoisotopic (exact) mass is 347 g/mol. The maximum atomic E-state index is 12.9. The normalized spacial score (nSPS) is 22.3. The summed E-state index contributed by atoms with van der Waals surface area (Å²) in [5.74, 6) is 0.484. The molecule has 0 aliphatic carbocycles. The third kappa shape index (κ3) is 2.83. The van der Waals surface area contributed by atoms with E-state index in [0.717, 1.165) is 28.7 Å². The number of fused-ring (bicyclic) bond motifs is 1. The molecule has 2 atom stereocenters. The van der Waals surface area contributed by atoms with Gasteiger partial charge in [0.1, 0.15) is 17.5 Å². The number of phenols is 1. The Bertz CT molecular complexity index is 727. The third-order valence-corrected chi connectivity index (χ3v) is 5.54. The van der Waals surface area contributed by atoms with Crippen LogP contribution in [0.3, 0.4) is 0 Å². The van der Waals surface area contributed by atoms with E-state index in [4.69, 9.17) is 9.47 Å². The fourth-order valence-corrected chi connectivity index (χ4v) is 3.88. The maximum Gasteiger partial charge on any atom is 0.328 e. The van der Waals surface area contributed by atoms with Gasteiger partial charge in [0.15, 0.2) is 6.10 Å². The van der Waals surface area contributed by atoms with E-state index in [1.807, 2.05) is 20.8 Å². The Morgan fingerprint density at radius 1 is 1.16 bits per heavy atom. The molecule has 6 heteroatoms. The second-order valence-corrected chi connectivity index (χ2v) is 6.89. The number of amides is 1. The molecule has 25 heavy (non-hydrogen) atoms. The zero-order valence-corrected chi connectivity index (χ0v) is 15.2. The molecule has 1 unspecified atom stereocenters. The zero-order valence-electron chi connectivity index (χ0n) is 15.2. The smallest absolute Gasteiger partial charge is 0.328 e. The molecule has 1 saturated heterocycles. The Labute approximate surface area is 147 Å². The first-order valence-electron chi connectivity index (χ1n) is 8.73. The average molecular weight is 347 g/mol. The minimum Gasteiger partial charge on any atom is -0.507 e. The number of esters is 1. The number of ether oxygens (including phenoxy) is 2. The standard InChI is InChI=1S/C19H25NO5/c1-10-11(2)17-13(12(3)16(10)21)7-8-15(25-17)18(22)20-9-5-6-14(20)19(23)24-4/h14-15,21H,5-9H2,1-4H3/t14-,15?/m0/s1. The molecule has 1 aromatic carbocycles. The summed E-state index contributed by atoms with van der Waals surface area (Å²) >= 11 is 0. The van der Waals surface area contributed by atoms with E-state index in [1.54, 1.807) is 4.90 Å². The largest absolute Gasteiger partial charge is 0.507 e. The van der Waals surface area contributed by atoms with Gasteiger partial charge in [0.25, 0.3) is 5.91 Å². The van der Waals surface area contributed by atoms with Crippen molar-refractivity contribution in [1.29, 1.82) is 0 Å². The van der Waals surface area contributed by atoms with E-state index in [9.17, 15) is 14.7 Å². The van der Waals surface area contributed by atoms with E-state index in [1.165, 1.54) is 7.11 Å². The Morgan fingerprint density at radius 2 is 1.88 bits per heavy atom. The summed E-state index contributed by atoms with van der Waals surface area (Å²) in [6.45, 7) is 6.17. The number of methoxy groups -OCH3 is 1. The highest BCUT2D eigenvalue weighted by Crippen LogP contribution is 2.41. The number of carbonyl (C=O) groups is 2. The van der Waals surface area contributed by atoms with Gasteiger partial charge in [0.2, 0.25) is 0 Å². The second kappa shape index (κ2) is 6.58. The van der Waals surface area contributed by atoms with Crippen molar-refractivity contribution in [1.82, 2.24) is 4.90 Å². The highest BCUT2D eigenvalue weighted by molar-refractivity contribution is 5.88. The van der Waals surface area contributed by atoms with Gasteiger partial charge in [-0.2, -0.15) is 0 Å². The van der Waals surface area contributed by atoms with Crippen molar-refractivity contribution in [3.8, 4) is 11.5 Å². The van der Waals surface area contributed by atoms with E-state index >= 15 is 0 Å². The van der Waals surface area contributed by atoms with E-state index in [2.05, 4.69) is 0 Å². The molecular weight excluding hydrogens is 322 g/mol. The third-order valence-electron chi connectivity index (χ3n) is 5.54. The highest BCUT2D eigenvalue weighted by Gasteiger charge is 2.40. The van der Waals surface area contributed by atoms with Crippen LogP contribution >= 0.6 is 0 Å². The lowest BCUT2D eigenvalue weighted by molar-refractivity contribution is -0.153. The van der Waals surface area contributed by atoms with Crippen LogP contribution in [0.2, 0.25) is 0 Å². The van der Waals surface area contributed by atoms with Gasteiger partial charge in [-0.05, 0) is 63.1 Å². The minimum absolute atomic E-state index is 0.152. The Balaban J connectivity index is 1.86. The van der Waals surface area contributed by atoms with E-state index in [0.29, 0.717) is 37.3 Å². The van der Waals surface area contributed by atoms with Crippen LogP contribution in [0.1, 0.15) is 41.5 Å². The lowest BCUT2D eigenvalue weighted by Crippen LogP contribution is -2.48. The molecule has 2 heterocycles. The number of nitrogens with zero attached hydrogens (tertiary/aromatic N) is 1. The highest BCUT2D eigenvalue weighted by atomic mass is 16.5. The van der Waals surface area contributed by atoms with Gasteiger partial charge in [0.05, 0.1) is 7.11 Å². The van der Waals surface area contributed by atoms with E-state index < -0.39 is 12.1 Å². The van der Waals surface area contributed by atoms with Crippen LogP contribution < -0.4 is 4.74 Å². The number of phenolic OH excluding ortho intramolecular Hbond substituents is 1. The molecule has 0 spiro atoms. The molecular formula is C19H25NO5. The summed E-state index contributed by atoms with van der Waals surface area (Å²) in [4.78, 5) is 26.4. The van der Waals surface area contributed by atoms with Crippen molar-refractivity contribution >= 4 is 11.9 Å². The van der Waals surface area contributed by atoms with Gasteiger partial charge in [0, 0.05) is 12.1 Å². The number of hydrogen-bond acceptors (Lipinski definition) is 5. The van der Waals surface area contributed by atoms with Crippen LogP contribution in [0.5, 0.6) is 11.5 Å². The number of hydrogen-bond donors (Lipinski definition) is 1. The van der Waals surface area contributed by atoms with Crippen molar-refractivity contribution in [3.05, 3.63) is 22.3 Å². The number of rotatable bonds is 2. The number of benzene rings is 1. The Kier molecular flexibility index (Phi) is 4.62. The fourth-order valence-electron chi connectivity index (χ4n) is 3.88. The van der Waals surface area contributed by atoms with Crippen molar-refractivity contribution in [3.63, 3.8) is 0 Å². The van der Waals surface area contributed by atoms with Gasteiger partial charge >= 0.3 is 5.97 Å². The molecule has 0 radical (unpaired) electrons. The van der Waals surface area contributed by atoms with Crippen LogP contribution in [0.4, 0.5) is 0 Å². The predicted octanol–water partition coefficient (Wildman–Crippen LogP) is 2.18. The van der Waals surface area contributed by atoms with Crippen molar-refractivity contribution < 1.29 is 24.2 Å². The second-order valence-electron chi connectivity index (χ2n) is 6.89. The molecule has 6 nitrogen and oxygen atoms in total. The molecule has 1 amide bonds. The molecule has 0 aromatic heterocycles. The van der Waals surface area contributed by atoms with Crippen LogP contribution in [0.25, 0.3) is 0 Å². The van der Waals surface area contributed by atoms with Crippen molar-refractivity contribution in [2.45, 2.75) is 58.6 Å². The average Bonchev–Trinajstić information content (AvgIpc) is 3.12. The molecule has 1 fully saturated rings. The molecule has 0 saturated carbocycles. The first-order valence-corrected chi connectivity index (χ1v) is 8.73. The summed E-state index contributed by atoms with van der Waals surface area (Å²) in [5.41, 5.74) is 3.42. The van der Waals surface area contributed by atoms with E-state index in [-0.39, 0.29) is 11.9 Å². The summed E-state index contributed by atoms with van der Waals surface area (Å²) in [6, 6.07) is -0.508. The van der Waals surface area contributed by atoms with Gasteiger partial charge in [-0.1, -0.05) is 0 Å². The van der Waals surface area contributed by atoms with Crippen LogP contribution in [0, 0.1) is 20.8 Å². The quantitative estimate of drug-likeness (QED) is 0.830. The van der Waals surface area contributed by atoms with Gasteiger partial charge in [-0.15, -0.1) is 0 Å². The SMILES string of the molecule is COC(=O)[C@@H]1CCCN1C(=O)C1CCc2c(C)c(O)c(C)c(C)c2O1. The van der Waals surface area contributed by atoms with Crippen molar-refractivity contribution in [2.24, 2.45) is 0 Å². The van der Waals surface area contributed by atoms with Crippen LogP contribution in [-0.4, -0.2) is 47.7 Å². The summed E-state index contributed by atoms with van der Waals surface area (Å²) < 4.78 is 10.9. The topological polar surface area (TPSA) is 76.1 Å². The molecule has 3 rings (SSSR count). The van der Waals surface area contributed by atoms with Crippen molar-refractivity contribution in [2.75, 3.05) is 13.7 Å². The van der Waals surface area contributed by atoms with Crippen LogP contribution in [0.15, 0.2) is 0 Å². The molecule has 1 N–H and O–H groups in total. The summed E-state index contributed by atoms with van der Waals surface area (Å²) in [6.07, 6.45) is 2.04. The first-order chi connectivity index (χ1) is 11.9. The first kappa shape index (κ1) is 17.6. The maximum absolute atomic E-state index is 12.9. The number of likely N-dealkylation sites (tertiary alicyclic amines) is 1. The predicted molar refractivity (Wildman–Crippen MR) is 91.8 cm³/mol. The molecule has 2 aliphatic rings.